The van der Waals surface area contributed by atoms with Gasteiger partial charge in [0.1, 0.15) is 12.4 Å². The molecule has 2 aromatic rings. The summed E-state index contributed by atoms with van der Waals surface area (Å²) in [6.07, 6.45) is 3.14. The number of amidine groups is 2. The summed E-state index contributed by atoms with van der Waals surface area (Å²) >= 11 is 6.49. The zero-order chi connectivity index (χ0) is 22.0. The lowest BCUT2D eigenvalue weighted by atomic mass is 10.1. The summed E-state index contributed by atoms with van der Waals surface area (Å²) < 4.78 is 11.6. The molecule has 1 amide bonds. The molecule has 31 heavy (non-hydrogen) atoms. The van der Waals surface area contributed by atoms with Crippen LogP contribution in [0.25, 0.3) is 6.08 Å². The topological polar surface area (TPSA) is 84.2 Å². The van der Waals surface area contributed by atoms with Crippen LogP contribution in [0.5, 0.6) is 11.5 Å². The SMILES string of the molecule is CCOc1cc(/C=C2\C(=N)N3OC(C)=CC3=NC2=O)cc(Cl)c1OCc1ccccc1. The minimum atomic E-state index is -0.524. The van der Waals surface area contributed by atoms with Gasteiger partial charge in [0.25, 0.3) is 5.91 Å². The van der Waals surface area contributed by atoms with E-state index in [2.05, 4.69) is 4.99 Å². The average molecular weight is 438 g/mol. The van der Waals surface area contributed by atoms with Gasteiger partial charge in [-0.3, -0.25) is 10.2 Å². The fraction of sp³-hybridized carbons (Fsp3) is 0.174. The van der Waals surface area contributed by atoms with Gasteiger partial charge in [0, 0.05) is 6.08 Å². The zero-order valence-corrected chi connectivity index (χ0v) is 17.8. The molecule has 0 aliphatic carbocycles. The lowest BCUT2D eigenvalue weighted by Gasteiger charge is -2.23. The van der Waals surface area contributed by atoms with Crippen LogP contribution in [0.2, 0.25) is 5.02 Å². The van der Waals surface area contributed by atoms with Gasteiger partial charge in [-0.1, -0.05) is 41.9 Å². The van der Waals surface area contributed by atoms with Gasteiger partial charge < -0.3 is 14.3 Å². The standard InChI is InChI=1S/C23H20ClN3O4/c1-3-29-19-12-16(11-18(24)21(19)30-13-15-7-5-4-6-8-15)10-17-22(25)27-20(26-23(17)28)9-14(2)31-27/h4-12,25H,3,13H2,1-2H3/b17-10+,25-22?. The molecule has 158 valence electrons. The third-order valence-corrected chi connectivity index (χ3v) is 4.83. The molecular weight excluding hydrogens is 418 g/mol. The molecule has 4 rings (SSSR count). The number of nitrogens with zero attached hydrogens (tertiary/aromatic N) is 2. The van der Waals surface area contributed by atoms with Gasteiger partial charge in [0.2, 0.25) is 0 Å². The van der Waals surface area contributed by atoms with E-state index >= 15 is 0 Å². The number of allylic oxidation sites excluding steroid dienone is 1. The summed E-state index contributed by atoms with van der Waals surface area (Å²) in [5.74, 6) is 1.10. The molecule has 0 aromatic heterocycles. The largest absolute Gasteiger partial charge is 0.490 e. The highest BCUT2D eigenvalue weighted by Crippen LogP contribution is 2.38. The Morgan fingerprint density at radius 1 is 1.23 bits per heavy atom. The molecule has 0 radical (unpaired) electrons. The molecule has 2 heterocycles. The minimum absolute atomic E-state index is 0.0864. The quantitative estimate of drug-likeness (QED) is 0.658. The van der Waals surface area contributed by atoms with Crippen molar-refractivity contribution in [3.05, 3.63) is 76.0 Å². The Labute approximate surface area is 184 Å². The molecule has 0 fully saturated rings. The van der Waals surface area contributed by atoms with E-state index in [9.17, 15) is 4.79 Å². The van der Waals surface area contributed by atoms with Gasteiger partial charge in [-0.05, 0) is 43.2 Å². The number of amides is 1. The molecule has 8 heteroatoms. The zero-order valence-electron chi connectivity index (χ0n) is 17.0. The Hall–Kier alpha value is -3.58. The van der Waals surface area contributed by atoms with Crippen LogP contribution >= 0.6 is 11.6 Å². The maximum atomic E-state index is 12.5. The number of ether oxygens (including phenoxy) is 2. The first-order chi connectivity index (χ1) is 15.0. The van der Waals surface area contributed by atoms with Gasteiger partial charge in [-0.25, -0.2) is 0 Å². The van der Waals surface area contributed by atoms with Crippen LogP contribution in [0.3, 0.4) is 0 Å². The third-order valence-electron chi connectivity index (χ3n) is 4.55. The van der Waals surface area contributed by atoms with E-state index in [1.165, 1.54) is 11.1 Å². The smallest absolute Gasteiger partial charge is 0.282 e. The summed E-state index contributed by atoms with van der Waals surface area (Å²) in [6.45, 7) is 4.33. The van der Waals surface area contributed by atoms with Gasteiger partial charge in [0.05, 0.1) is 17.2 Å². The number of hydrogen-bond acceptors (Lipinski definition) is 5. The van der Waals surface area contributed by atoms with Crippen LogP contribution in [0.1, 0.15) is 25.0 Å². The van der Waals surface area contributed by atoms with Crippen molar-refractivity contribution in [2.45, 2.75) is 20.5 Å². The van der Waals surface area contributed by atoms with E-state index in [0.717, 1.165) is 5.56 Å². The molecule has 0 atom stereocenters. The van der Waals surface area contributed by atoms with Crippen molar-refractivity contribution in [3.8, 4) is 11.5 Å². The van der Waals surface area contributed by atoms with Gasteiger partial charge in [0.15, 0.2) is 23.2 Å². The van der Waals surface area contributed by atoms with Crippen molar-refractivity contribution in [3.63, 3.8) is 0 Å². The number of fused-ring (bicyclic) bond motifs is 1. The molecule has 0 unspecified atom stereocenters. The van der Waals surface area contributed by atoms with Gasteiger partial charge in [-0.15, -0.1) is 5.06 Å². The first-order valence-electron chi connectivity index (χ1n) is 9.69. The number of hydrogen-bond donors (Lipinski definition) is 1. The molecule has 2 aromatic carbocycles. The first kappa shape index (κ1) is 20.7. The molecule has 0 bridgehead atoms. The molecule has 0 saturated carbocycles. The van der Waals surface area contributed by atoms with E-state index in [1.54, 1.807) is 25.1 Å². The normalized spacial score (nSPS) is 16.6. The second-order valence-electron chi connectivity index (χ2n) is 6.86. The lowest BCUT2D eigenvalue weighted by Crippen LogP contribution is -2.38. The van der Waals surface area contributed by atoms with E-state index in [0.29, 0.717) is 46.9 Å². The van der Waals surface area contributed by atoms with Crippen molar-refractivity contribution in [2.75, 3.05) is 6.61 Å². The number of nitrogens with one attached hydrogen (secondary N) is 1. The summed E-state index contributed by atoms with van der Waals surface area (Å²) in [7, 11) is 0. The number of carbonyl (C=O) groups is 1. The van der Waals surface area contributed by atoms with Crippen LogP contribution < -0.4 is 9.47 Å². The van der Waals surface area contributed by atoms with E-state index < -0.39 is 5.91 Å². The monoisotopic (exact) mass is 437 g/mol. The fourth-order valence-corrected chi connectivity index (χ4v) is 3.44. The van der Waals surface area contributed by atoms with Crippen LogP contribution in [0.4, 0.5) is 0 Å². The van der Waals surface area contributed by atoms with Crippen molar-refractivity contribution in [1.82, 2.24) is 5.06 Å². The number of benzene rings is 2. The average Bonchev–Trinajstić information content (AvgIpc) is 3.12. The number of carbonyl (C=O) groups excluding carboxylic acids is 1. The highest BCUT2D eigenvalue weighted by molar-refractivity contribution is 6.33. The van der Waals surface area contributed by atoms with Crippen LogP contribution in [-0.4, -0.2) is 29.2 Å². The van der Waals surface area contributed by atoms with E-state index in [4.69, 9.17) is 31.3 Å². The van der Waals surface area contributed by atoms with Gasteiger partial charge in [-0.2, -0.15) is 4.99 Å². The highest BCUT2D eigenvalue weighted by Gasteiger charge is 2.34. The summed E-state index contributed by atoms with van der Waals surface area (Å²) in [6, 6.07) is 13.1. The van der Waals surface area contributed by atoms with E-state index in [1.807, 2.05) is 37.3 Å². The predicted octanol–water partition coefficient (Wildman–Crippen LogP) is 4.77. The molecule has 1 N–H and O–H groups in total. The summed E-state index contributed by atoms with van der Waals surface area (Å²) in [4.78, 5) is 21.9. The first-order valence-corrected chi connectivity index (χ1v) is 10.1. The van der Waals surface area contributed by atoms with Crippen molar-refractivity contribution < 1.29 is 19.1 Å². The number of halogens is 1. The fourth-order valence-electron chi connectivity index (χ4n) is 3.17. The van der Waals surface area contributed by atoms with Crippen molar-refractivity contribution >= 4 is 35.3 Å². The van der Waals surface area contributed by atoms with Crippen LogP contribution in [-0.2, 0) is 16.2 Å². The Balaban J connectivity index is 1.63. The molecule has 0 saturated heterocycles. The summed E-state index contributed by atoms with van der Waals surface area (Å²) in [5, 5.41) is 9.89. The molecule has 0 spiro atoms. The summed E-state index contributed by atoms with van der Waals surface area (Å²) in [5.41, 5.74) is 1.66. The Morgan fingerprint density at radius 3 is 2.74 bits per heavy atom. The third kappa shape index (κ3) is 4.32. The predicted molar refractivity (Wildman–Crippen MR) is 118 cm³/mol. The van der Waals surface area contributed by atoms with Gasteiger partial charge >= 0.3 is 0 Å². The Kier molecular flexibility index (Phi) is 5.77. The highest BCUT2D eigenvalue weighted by atomic mass is 35.5. The molecule has 2 aliphatic heterocycles. The number of rotatable bonds is 6. The second-order valence-corrected chi connectivity index (χ2v) is 7.27. The van der Waals surface area contributed by atoms with Crippen molar-refractivity contribution in [2.24, 2.45) is 4.99 Å². The van der Waals surface area contributed by atoms with Crippen LogP contribution in [0.15, 0.2) is 64.9 Å². The van der Waals surface area contributed by atoms with Crippen LogP contribution in [0, 0.1) is 5.41 Å². The van der Waals surface area contributed by atoms with Crippen molar-refractivity contribution in [1.29, 1.82) is 5.41 Å². The maximum absolute atomic E-state index is 12.5. The Morgan fingerprint density at radius 2 is 2.00 bits per heavy atom. The minimum Gasteiger partial charge on any atom is -0.490 e. The number of hydroxylamine groups is 2. The van der Waals surface area contributed by atoms with E-state index in [-0.39, 0.29) is 11.4 Å². The Bertz CT molecular complexity index is 1140. The molecule has 7 nitrogen and oxygen atoms in total. The molecular formula is C23H20ClN3O4. The number of aliphatic imine (C=N–C) groups is 1. The maximum Gasteiger partial charge on any atom is 0.282 e. The molecule has 2 aliphatic rings. The second kappa shape index (κ2) is 8.65. The lowest BCUT2D eigenvalue weighted by molar-refractivity contribution is -0.114.